The summed E-state index contributed by atoms with van der Waals surface area (Å²) in [6, 6.07) is 0. The van der Waals surface area contributed by atoms with E-state index in [1.807, 2.05) is 0 Å². The topological polar surface area (TPSA) is 89.9 Å². The zero-order valence-electron chi connectivity index (χ0n) is 11.2. The van der Waals surface area contributed by atoms with Crippen molar-refractivity contribution in [3.63, 3.8) is 0 Å². The highest BCUT2D eigenvalue weighted by Crippen LogP contribution is 2.16. The molecule has 0 aromatic heterocycles. The maximum atomic E-state index is 11.5. The highest BCUT2D eigenvalue weighted by Gasteiger charge is 2.25. The summed E-state index contributed by atoms with van der Waals surface area (Å²) in [6.07, 6.45) is -0.221. The van der Waals surface area contributed by atoms with E-state index in [-0.39, 0.29) is 19.3 Å². The lowest BCUT2D eigenvalue weighted by molar-refractivity contribution is -0.160. The van der Waals surface area contributed by atoms with E-state index in [4.69, 9.17) is 9.84 Å². The van der Waals surface area contributed by atoms with Crippen molar-refractivity contribution in [3.05, 3.63) is 0 Å². The summed E-state index contributed by atoms with van der Waals surface area (Å²) in [5, 5.41) is 8.95. The first-order valence-electron chi connectivity index (χ1n) is 5.67. The maximum absolute atomic E-state index is 11.5. The number of ether oxygens (including phenoxy) is 2. The Balaban J connectivity index is 4.32. The highest BCUT2D eigenvalue weighted by molar-refractivity contribution is 5.79. The van der Waals surface area contributed by atoms with Crippen molar-refractivity contribution in [1.29, 1.82) is 0 Å². The third-order valence-corrected chi connectivity index (χ3v) is 2.11. The van der Waals surface area contributed by atoms with Gasteiger partial charge < -0.3 is 14.6 Å². The quantitative estimate of drug-likeness (QED) is 0.725. The molecule has 0 saturated heterocycles. The molecule has 0 aromatic rings. The number of rotatable bonds is 6. The number of hydrogen-bond donors (Lipinski definition) is 1. The lowest BCUT2D eigenvalue weighted by Gasteiger charge is -2.20. The number of carbonyl (C=O) groups is 3. The van der Waals surface area contributed by atoms with Crippen LogP contribution in [0.4, 0.5) is 0 Å². The third-order valence-electron chi connectivity index (χ3n) is 2.11. The molecule has 0 bridgehead atoms. The van der Waals surface area contributed by atoms with Crippen LogP contribution in [-0.4, -0.2) is 35.7 Å². The van der Waals surface area contributed by atoms with Gasteiger partial charge in [-0.25, -0.2) is 0 Å². The summed E-state index contributed by atoms with van der Waals surface area (Å²) < 4.78 is 9.45. The van der Waals surface area contributed by atoms with Crippen LogP contribution in [0.5, 0.6) is 0 Å². The van der Waals surface area contributed by atoms with Gasteiger partial charge in [-0.05, 0) is 27.2 Å². The van der Waals surface area contributed by atoms with Gasteiger partial charge in [-0.15, -0.1) is 0 Å². The Morgan fingerprint density at radius 2 is 1.72 bits per heavy atom. The normalized spacial score (nSPS) is 12.7. The zero-order chi connectivity index (χ0) is 14.3. The van der Waals surface area contributed by atoms with Gasteiger partial charge in [0.15, 0.2) is 0 Å². The molecular weight excluding hydrogens is 240 g/mol. The van der Waals surface area contributed by atoms with E-state index in [0.717, 1.165) is 0 Å². The van der Waals surface area contributed by atoms with E-state index in [1.54, 1.807) is 20.8 Å². The number of hydrogen-bond acceptors (Lipinski definition) is 5. The number of carboxylic acids is 1. The van der Waals surface area contributed by atoms with Crippen LogP contribution >= 0.6 is 0 Å². The Labute approximate surface area is 106 Å². The number of esters is 2. The van der Waals surface area contributed by atoms with Gasteiger partial charge >= 0.3 is 17.9 Å². The molecule has 0 spiro atoms. The zero-order valence-corrected chi connectivity index (χ0v) is 11.2. The van der Waals surface area contributed by atoms with E-state index in [9.17, 15) is 14.4 Å². The van der Waals surface area contributed by atoms with Crippen LogP contribution < -0.4 is 0 Å². The minimum absolute atomic E-state index is 0.0315. The van der Waals surface area contributed by atoms with Crippen molar-refractivity contribution >= 4 is 17.9 Å². The van der Waals surface area contributed by atoms with Gasteiger partial charge in [0.1, 0.15) is 5.60 Å². The van der Waals surface area contributed by atoms with Crippen LogP contribution in [0.2, 0.25) is 0 Å². The first kappa shape index (κ1) is 16.4. The Morgan fingerprint density at radius 3 is 2.11 bits per heavy atom. The lowest BCUT2D eigenvalue weighted by Crippen LogP contribution is -2.27. The molecule has 0 amide bonds. The van der Waals surface area contributed by atoms with Crippen molar-refractivity contribution in [2.24, 2.45) is 5.92 Å². The molecule has 6 nitrogen and oxygen atoms in total. The van der Waals surface area contributed by atoms with Crippen LogP contribution in [0.25, 0.3) is 0 Å². The van der Waals surface area contributed by atoms with Gasteiger partial charge in [-0.3, -0.25) is 14.4 Å². The predicted molar refractivity (Wildman–Crippen MR) is 62.8 cm³/mol. The Morgan fingerprint density at radius 1 is 1.17 bits per heavy atom. The van der Waals surface area contributed by atoms with Gasteiger partial charge in [0, 0.05) is 6.42 Å². The molecule has 0 aromatic carbocycles. The summed E-state index contributed by atoms with van der Waals surface area (Å²) in [5.74, 6) is -3.13. The van der Waals surface area contributed by atoms with Crippen LogP contribution in [0.1, 0.15) is 40.0 Å². The summed E-state index contributed by atoms with van der Waals surface area (Å²) in [5.41, 5.74) is -0.650. The maximum Gasteiger partial charge on any atom is 0.307 e. The van der Waals surface area contributed by atoms with Crippen molar-refractivity contribution < 1.29 is 29.0 Å². The molecule has 6 heteroatoms. The van der Waals surface area contributed by atoms with Crippen LogP contribution in [0, 0.1) is 5.92 Å². The minimum Gasteiger partial charge on any atom is -0.481 e. The van der Waals surface area contributed by atoms with E-state index in [2.05, 4.69) is 4.74 Å². The second-order valence-electron chi connectivity index (χ2n) is 4.94. The fourth-order valence-corrected chi connectivity index (χ4v) is 1.29. The van der Waals surface area contributed by atoms with E-state index in [1.165, 1.54) is 7.11 Å². The second-order valence-corrected chi connectivity index (χ2v) is 4.94. The largest absolute Gasteiger partial charge is 0.481 e. The SMILES string of the molecule is COC(=O)CC[C@H](CC(=O)OC(C)(C)C)C(=O)O. The van der Waals surface area contributed by atoms with Crippen molar-refractivity contribution in [2.45, 2.75) is 45.6 Å². The average Bonchev–Trinajstić information content (AvgIpc) is 2.20. The Kier molecular flexibility index (Phi) is 6.36. The minimum atomic E-state index is -1.12. The van der Waals surface area contributed by atoms with Gasteiger partial charge in [0.25, 0.3) is 0 Å². The predicted octanol–water partition coefficient (Wildman–Crippen LogP) is 1.37. The third kappa shape index (κ3) is 7.65. The number of aliphatic carboxylic acids is 1. The molecule has 0 rings (SSSR count). The Hall–Kier alpha value is -1.59. The van der Waals surface area contributed by atoms with Gasteiger partial charge in [-0.2, -0.15) is 0 Å². The van der Waals surface area contributed by atoms with Gasteiger partial charge in [0.05, 0.1) is 19.4 Å². The van der Waals surface area contributed by atoms with E-state index >= 15 is 0 Å². The molecular formula is C12H20O6. The van der Waals surface area contributed by atoms with Crippen LogP contribution in [0.3, 0.4) is 0 Å². The van der Waals surface area contributed by atoms with Crippen molar-refractivity contribution in [2.75, 3.05) is 7.11 Å². The average molecular weight is 260 g/mol. The molecule has 0 aliphatic rings. The molecule has 0 aliphatic carbocycles. The molecule has 0 unspecified atom stereocenters. The fourth-order valence-electron chi connectivity index (χ4n) is 1.29. The molecule has 0 saturated carbocycles. The molecule has 0 heterocycles. The molecule has 1 N–H and O–H groups in total. The molecule has 18 heavy (non-hydrogen) atoms. The molecule has 104 valence electrons. The highest BCUT2D eigenvalue weighted by atomic mass is 16.6. The van der Waals surface area contributed by atoms with Crippen molar-refractivity contribution in [1.82, 2.24) is 0 Å². The van der Waals surface area contributed by atoms with Crippen LogP contribution in [-0.2, 0) is 23.9 Å². The summed E-state index contributed by atoms with van der Waals surface area (Å²) in [4.78, 5) is 33.3. The number of methoxy groups -OCH3 is 1. The summed E-state index contributed by atoms with van der Waals surface area (Å²) in [7, 11) is 1.23. The standard InChI is InChI=1S/C12H20O6/c1-12(2,3)18-10(14)7-8(11(15)16)5-6-9(13)17-4/h8H,5-7H2,1-4H3,(H,15,16)/t8-/m1/s1. The number of carbonyl (C=O) groups excluding carboxylic acids is 2. The van der Waals surface area contributed by atoms with E-state index < -0.39 is 29.4 Å². The summed E-state index contributed by atoms with van der Waals surface area (Å²) >= 11 is 0. The van der Waals surface area contributed by atoms with E-state index in [0.29, 0.717) is 0 Å². The smallest absolute Gasteiger partial charge is 0.307 e. The summed E-state index contributed by atoms with van der Waals surface area (Å²) in [6.45, 7) is 5.11. The first-order chi connectivity index (χ1) is 8.15. The second kappa shape index (κ2) is 6.98. The number of carboxylic acid groups (broad SMARTS) is 1. The van der Waals surface area contributed by atoms with Crippen molar-refractivity contribution in [3.8, 4) is 0 Å². The Bertz CT molecular complexity index is 315. The lowest BCUT2D eigenvalue weighted by atomic mass is 9.99. The molecule has 0 fully saturated rings. The van der Waals surface area contributed by atoms with Crippen LogP contribution in [0.15, 0.2) is 0 Å². The monoisotopic (exact) mass is 260 g/mol. The molecule has 1 atom stereocenters. The van der Waals surface area contributed by atoms with Gasteiger partial charge in [-0.1, -0.05) is 0 Å². The molecule has 0 aliphatic heterocycles. The van der Waals surface area contributed by atoms with Gasteiger partial charge in [0.2, 0.25) is 0 Å². The first-order valence-corrected chi connectivity index (χ1v) is 5.67. The fraction of sp³-hybridized carbons (Fsp3) is 0.750. The molecule has 0 radical (unpaired) electrons.